The van der Waals surface area contributed by atoms with Crippen molar-refractivity contribution in [1.29, 1.82) is 0 Å². The lowest BCUT2D eigenvalue weighted by Crippen LogP contribution is -2.17. The molecule has 27 heavy (non-hydrogen) atoms. The van der Waals surface area contributed by atoms with Gasteiger partial charge in [-0.3, -0.25) is 4.79 Å². The van der Waals surface area contributed by atoms with Gasteiger partial charge in [-0.05, 0) is 44.2 Å². The highest BCUT2D eigenvalue weighted by Crippen LogP contribution is 2.16. The predicted octanol–water partition coefficient (Wildman–Crippen LogP) is 3.13. The molecule has 0 aliphatic heterocycles. The topological polar surface area (TPSA) is 88.0 Å². The number of carbonyl (C=O) groups is 1. The Bertz CT molecular complexity index is 1140. The lowest BCUT2D eigenvalue weighted by Gasteiger charge is -2.03. The maximum atomic E-state index is 12.3. The van der Waals surface area contributed by atoms with Gasteiger partial charge in [-0.15, -0.1) is 0 Å². The molecule has 1 amide bonds. The average molecular weight is 358 g/mol. The van der Waals surface area contributed by atoms with Crippen LogP contribution in [0.2, 0.25) is 0 Å². The molecule has 0 fully saturated rings. The molecule has 0 saturated carbocycles. The smallest absolute Gasteiger partial charge is 0.271 e. The van der Waals surface area contributed by atoms with Gasteiger partial charge in [0.15, 0.2) is 0 Å². The van der Waals surface area contributed by atoms with Crippen molar-refractivity contribution in [1.82, 2.24) is 25.2 Å². The minimum Gasteiger partial charge on any atom is -0.345 e. The van der Waals surface area contributed by atoms with Crippen molar-refractivity contribution in [2.45, 2.75) is 13.8 Å². The number of nitrogens with one attached hydrogen (secondary N) is 2. The number of hydrogen-bond donors (Lipinski definition) is 2. The van der Waals surface area contributed by atoms with Crippen LogP contribution >= 0.6 is 0 Å². The summed E-state index contributed by atoms with van der Waals surface area (Å²) in [6, 6.07) is 15.2. The van der Waals surface area contributed by atoms with Crippen molar-refractivity contribution in [2.24, 2.45) is 5.10 Å². The molecule has 134 valence electrons. The molecule has 2 aromatic heterocycles. The van der Waals surface area contributed by atoms with Crippen molar-refractivity contribution in [3.8, 4) is 5.69 Å². The van der Waals surface area contributed by atoms with E-state index in [0.29, 0.717) is 5.56 Å². The number of aromatic nitrogens is 4. The molecule has 4 rings (SSSR count). The van der Waals surface area contributed by atoms with E-state index < -0.39 is 0 Å². The molecule has 7 heteroatoms. The number of H-pyrrole nitrogens is 1. The molecule has 0 saturated heterocycles. The molecule has 0 aliphatic rings. The Morgan fingerprint density at radius 2 is 2.00 bits per heavy atom. The molecule has 0 aliphatic carbocycles. The number of hydrogen-bond acceptors (Lipinski definition) is 4. The summed E-state index contributed by atoms with van der Waals surface area (Å²) in [5, 5.41) is 8.68. The van der Waals surface area contributed by atoms with Crippen molar-refractivity contribution >= 4 is 23.2 Å². The maximum absolute atomic E-state index is 12.3. The van der Waals surface area contributed by atoms with E-state index in [4.69, 9.17) is 0 Å². The van der Waals surface area contributed by atoms with Gasteiger partial charge in [-0.25, -0.2) is 15.1 Å². The summed E-state index contributed by atoms with van der Waals surface area (Å²) < 4.78 is 1.87. The molecule has 0 radical (unpaired) electrons. The van der Waals surface area contributed by atoms with Gasteiger partial charge in [0, 0.05) is 11.1 Å². The number of rotatable bonds is 4. The first kappa shape index (κ1) is 16.7. The van der Waals surface area contributed by atoms with E-state index in [9.17, 15) is 4.79 Å². The third-order valence-corrected chi connectivity index (χ3v) is 4.39. The SMILES string of the molecule is Cc1nn(-c2ccccc2)c(C)c1/C=N/NC(=O)c1ccc2nc[nH]c2c1. The number of hydrazone groups is 1. The van der Waals surface area contributed by atoms with E-state index >= 15 is 0 Å². The quantitative estimate of drug-likeness (QED) is 0.434. The van der Waals surface area contributed by atoms with Crippen LogP contribution < -0.4 is 5.43 Å². The highest BCUT2D eigenvalue weighted by Gasteiger charge is 2.11. The molecule has 2 heterocycles. The Balaban J connectivity index is 1.53. The number of para-hydroxylation sites is 1. The number of aryl methyl sites for hydroxylation is 1. The number of imidazole rings is 1. The number of nitrogens with zero attached hydrogens (tertiary/aromatic N) is 4. The van der Waals surface area contributed by atoms with Crippen molar-refractivity contribution in [3.63, 3.8) is 0 Å². The standard InChI is InChI=1S/C20H18N6O/c1-13-17(14(2)26(25-13)16-6-4-3-5-7-16)11-23-24-20(27)15-8-9-18-19(10-15)22-12-21-18/h3-12H,1-2H3,(H,21,22)(H,24,27)/b23-11+. The molecule has 0 bridgehead atoms. The second-order valence-corrected chi connectivity index (χ2v) is 6.17. The van der Waals surface area contributed by atoms with Crippen LogP contribution in [0.25, 0.3) is 16.7 Å². The summed E-state index contributed by atoms with van der Waals surface area (Å²) in [4.78, 5) is 19.4. The third kappa shape index (κ3) is 3.22. The lowest BCUT2D eigenvalue weighted by atomic mass is 10.2. The highest BCUT2D eigenvalue weighted by molar-refractivity contribution is 5.97. The minimum atomic E-state index is -0.284. The maximum Gasteiger partial charge on any atom is 0.271 e. The molecule has 0 unspecified atom stereocenters. The van der Waals surface area contributed by atoms with E-state index in [-0.39, 0.29) is 5.91 Å². The zero-order chi connectivity index (χ0) is 18.8. The number of benzene rings is 2. The van der Waals surface area contributed by atoms with Gasteiger partial charge in [-0.2, -0.15) is 10.2 Å². The van der Waals surface area contributed by atoms with Crippen LogP contribution in [-0.2, 0) is 0 Å². The monoisotopic (exact) mass is 358 g/mol. The van der Waals surface area contributed by atoms with Crippen molar-refractivity contribution < 1.29 is 4.79 Å². The Kier molecular flexibility index (Phi) is 4.25. The Hall–Kier alpha value is -3.74. The summed E-state index contributed by atoms with van der Waals surface area (Å²) in [5.41, 5.74) is 8.35. The first-order valence-corrected chi connectivity index (χ1v) is 8.51. The predicted molar refractivity (Wildman–Crippen MR) is 104 cm³/mol. The Labute approximate surface area is 155 Å². The number of carbonyl (C=O) groups excluding carboxylic acids is 1. The fourth-order valence-electron chi connectivity index (χ4n) is 2.96. The third-order valence-electron chi connectivity index (χ3n) is 4.39. The highest BCUT2D eigenvalue weighted by atomic mass is 16.2. The van der Waals surface area contributed by atoms with Crippen LogP contribution in [0.1, 0.15) is 27.3 Å². The molecule has 4 aromatic rings. The van der Waals surface area contributed by atoms with Crippen LogP contribution in [0, 0.1) is 13.8 Å². The first-order chi connectivity index (χ1) is 13.1. The number of fused-ring (bicyclic) bond motifs is 1. The molecule has 0 spiro atoms. The van der Waals surface area contributed by atoms with Gasteiger partial charge in [0.25, 0.3) is 5.91 Å². The van der Waals surface area contributed by atoms with E-state index in [1.165, 1.54) is 0 Å². The van der Waals surface area contributed by atoms with Gasteiger partial charge in [0.1, 0.15) is 0 Å². The van der Waals surface area contributed by atoms with Crippen LogP contribution in [-0.4, -0.2) is 31.9 Å². The molecule has 7 nitrogen and oxygen atoms in total. The molecule has 0 atom stereocenters. The summed E-state index contributed by atoms with van der Waals surface area (Å²) >= 11 is 0. The molecule has 2 N–H and O–H groups in total. The number of aromatic amines is 1. The fraction of sp³-hybridized carbons (Fsp3) is 0.100. The fourth-order valence-corrected chi connectivity index (χ4v) is 2.96. The second kappa shape index (κ2) is 6.87. The summed E-state index contributed by atoms with van der Waals surface area (Å²) in [6.07, 6.45) is 3.23. The van der Waals surface area contributed by atoms with Crippen molar-refractivity contribution in [3.05, 3.63) is 77.4 Å². The summed E-state index contributed by atoms with van der Waals surface area (Å²) in [6.45, 7) is 3.89. The largest absolute Gasteiger partial charge is 0.345 e. The average Bonchev–Trinajstić information content (AvgIpc) is 3.27. The first-order valence-electron chi connectivity index (χ1n) is 8.51. The summed E-state index contributed by atoms with van der Waals surface area (Å²) in [7, 11) is 0. The zero-order valence-corrected chi connectivity index (χ0v) is 15.0. The Morgan fingerprint density at radius 3 is 2.81 bits per heavy atom. The van der Waals surface area contributed by atoms with Gasteiger partial charge in [0.2, 0.25) is 0 Å². The van der Waals surface area contributed by atoms with Crippen LogP contribution in [0.15, 0.2) is 60.0 Å². The van der Waals surface area contributed by atoms with E-state index in [0.717, 1.165) is 33.7 Å². The normalized spacial score (nSPS) is 11.3. The van der Waals surface area contributed by atoms with Crippen LogP contribution in [0.5, 0.6) is 0 Å². The van der Waals surface area contributed by atoms with Crippen LogP contribution in [0.3, 0.4) is 0 Å². The molecular formula is C20H18N6O. The zero-order valence-electron chi connectivity index (χ0n) is 15.0. The Morgan fingerprint density at radius 1 is 1.19 bits per heavy atom. The van der Waals surface area contributed by atoms with Crippen molar-refractivity contribution in [2.75, 3.05) is 0 Å². The van der Waals surface area contributed by atoms with Gasteiger partial charge in [0.05, 0.1) is 40.7 Å². The molecular weight excluding hydrogens is 340 g/mol. The molecule has 2 aromatic carbocycles. The van der Waals surface area contributed by atoms with E-state index in [1.54, 1.807) is 30.7 Å². The lowest BCUT2D eigenvalue weighted by molar-refractivity contribution is 0.0955. The van der Waals surface area contributed by atoms with Gasteiger partial charge in [-0.1, -0.05) is 18.2 Å². The number of amides is 1. The van der Waals surface area contributed by atoms with E-state index in [2.05, 4.69) is 25.6 Å². The minimum absolute atomic E-state index is 0.284. The van der Waals surface area contributed by atoms with Gasteiger partial charge < -0.3 is 4.98 Å². The second-order valence-electron chi connectivity index (χ2n) is 6.17. The summed E-state index contributed by atoms with van der Waals surface area (Å²) in [5.74, 6) is -0.284. The van der Waals surface area contributed by atoms with Gasteiger partial charge >= 0.3 is 0 Å². The van der Waals surface area contributed by atoms with E-state index in [1.807, 2.05) is 48.9 Å². The van der Waals surface area contributed by atoms with Crippen LogP contribution in [0.4, 0.5) is 0 Å².